The molecule has 0 radical (unpaired) electrons. The summed E-state index contributed by atoms with van der Waals surface area (Å²) in [6.45, 7) is 3.41. The molecule has 2 aromatic carbocycles. The zero-order valence-corrected chi connectivity index (χ0v) is 15.5. The molecule has 0 heterocycles. The second-order valence-electron chi connectivity index (χ2n) is 5.40. The molecule has 0 bridgehead atoms. The van der Waals surface area contributed by atoms with Crippen LogP contribution in [0.1, 0.15) is 25.0 Å². The molecule has 5 nitrogen and oxygen atoms in total. The van der Waals surface area contributed by atoms with E-state index in [0.717, 1.165) is 0 Å². The van der Waals surface area contributed by atoms with E-state index in [9.17, 15) is 14.0 Å². The molecule has 0 N–H and O–H groups in total. The molecule has 0 amide bonds. The number of halogens is 1. The average Bonchev–Trinajstić information content (AvgIpc) is 2.67. The van der Waals surface area contributed by atoms with Crippen LogP contribution >= 0.6 is 0 Å². The Morgan fingerprint density at radius 3 is 2.04 bits per heavy atom. The van der Waals surface area contributed by atoms with Gasteiger partial charge in [0.1, 0.15) is 11.6 Å². The molecule has 6 heteroatoms. The first kappa shape index (κ1) is 20.2. The highest BCUT2D eigenvalue weighted by molar-refractivity contribution is 6.22. The van der Waals surface area contributed by atoms with Crippen molar-refractivity contribution in [3.05, 3.63) is 71.0 Å². The minimum Gasteiger partial charge on any atom is -0.496 e. The number of ether oxygens (including phenoxy) is 3. The zero-order chi connectivity index (χ0) is 19.8. The SMILES string of the molecule is CCOC(=O)C(C(=O)OCC)=C(c1ccccc1)c1cc(F)ccc1OC. The standard InChI is InChI=1S/C21H21FO5/c1-4-26-20(23)19(21(24)27-5-2)18(14-9-7-6-8-10-14)16-13-15(22)11-12-17(16)25-3/h6-13H,4-5H2,1-3H3. The molecule has 0 unspecified atom stereocenters. The van der Waals surface area contributed by atoms with Gasteiger partial charge in [0.15, 0.2) is 5.57 Å². The fraction of sp³-hybridized carbons (Fsp3) is 0.238. The monoisotopic (exact) mass is 372 g/mol. The molecule has 2 aromatic rings. The van der Waals surface area contributed by atoms with E-state index >= 15 is 0 Å². The van der Waals surface area contributed by atoms with Gasteiger partial charge in [-0.1, -0.05) is 30.3 Å². The maximum atomic E-state index is 14.0. The van der Waals surface area contributed by atoms with Gasteiger partial charge in [0.05, 0.1) is 20.3 Å². The predicted molar refractivity (Wildman–Crippen MR) is 98.7 cm³/mol. The minimum absolute atomic E-state index is 0.0735. The van der Waals surface area contributed by atoms with Gasteiger partial charge < -0.3 is 14.2 Å². The Balaban J connectivity index is 2.88. The van der Waals surface area contributed by atoms with E-state index in [0.29, 0.717) is 11.3 Å². The molecular weight excluding hydrogens is 351 g/mol. The third-order valence-corrected chi connectivity index (χ3v) is 3.70. The van der Waals surface area contributed by atoms with Crippen molar-refractivity contribution in [1.82, 2.24) is 0 Å². The van der Waals surface area contributed by atoms with Crippen LogP contribution in [0, 0.1) is 5.82 Å². The van der Waals surface area contributed by atoms with E-state index in [1.807, 2.05) is 0 Å². The Bertz CT molecular complexity index is 823. The summed E-state index contributed by atoms with van der Waals surface area (Å²) in [6.07, 6.45) is 0. The average molecular weight is 372 g/mol. The van der Waals surface area contributed by atoms with Crippen molar-refractivity contribution < 1.29 is 28.2 Å². The molecule has 0 saturated heterocycles. The first-order valence-corrected chi connectivity index (χ1v) is 8.51. The Morgan fingerprint density at radius 1 is 0.926 bits per heavy atom. The molecule has 0 fully saturated rings. The minimum atomic E-state index is -0.846. The van der Waals surface area contributed by atoms with Crippen LogP contribution in [0.3, 0.4) is 0 Å². The Hall–Kier alpha value is -3.15. The van der Waals surface area contributed by atoms with Crippen molar-refractivity contribution in [2.45, 2.75) is 13.8 Å². The third kappa shape index (κ3) is 4.73. The summed E-state index contributed by atoms with van der Waals surface area (Å²) >= 11 is 0. The molecule has 0 aromatic heterocycles. The Morgan fingerprint density at radius 2 is 1.52 bits per heavy atom. The number of methoxy groups -OCH3 is 1. The van der Waals surface area contributed by atoms with E-state index in [1.165, 1.54) is 25.3 Å². The number of hydrogen-bond donors (Lipinski definition) is 0. The highest BCUT2D eigenvalue weighted by atomic mass is 19.1. The van der Waals surface area contributed by atoms with Crippen molar-refractivity contribution >= 4 is 17.5 Å². The van der Waals surface area contributed by atoms with Gasteiger partial charge in [-0.2, -0.15) is 0 Å². The summed E-state index contributed by atoms with van der Waals surface area (Å²) in [4.78, 5) is 25.2. The van der Waals surface area contributed by atoms with E-state index in [2.05, 4.69) is 0 Å². The molecule has 0 aliphatic heterocycles. The van der Waals surface area contributed by atoms with Crippen LogP contribution < -0.4 is 4.74 Å². The smallest absolute Gasteiger partial charge is 0.346 e. The van der Waals surface area contributed by atoms with Gasteiger partial charge in [0.25, 0.3) is 0 Å². The van der Waals surface area contributed by atoms with Crippen molar-refractivity contribution in [3.63, 3.8) is 0 Å². The van der Waals surface area contributed by atoms with Crippen LogP contribution in [0.2, 0.25) is 0 Å². The summed E-state index contributed by atoms with van der Waals surface area (Å²) in [5.74, 6) is -1.92. The van der Waals surface area contributed by atoms with Crippen LogP contribution in [0.15, 0.2) is 54.1 Å². The lowest BCUT2D eigenvalue weighted by Gasteiger charge is -2.17. The molecule has 0 aliphatic carbocycles. The number of carbonyl (C=O) groups is 2. The van der Waals surface area contributed by atoms with Crippen molar-refractivity contribution in [1.29, 1.82) is 0 Å². The number of carbonyl (C=O) groups excluding carboxylic acids is 2. The van der Waals surface area contributed by atoms with E-state index in [4.69, 9.17) is 14.2 Å². The number of hydrogen-bond acceptors (Lipinski definition) is 5. The van der Waals surface area contributed by atoms with Crippen LogP contribution in [-0.4, -0.2) is 32.3 Å². The van der Waals surface area contributed by atoms with Gasteiger partial charge in [-0.25, -0.2) is 14.0 Å². The number of esters is 2. The van der Waals surface area contributed by atoms with Crippen molar-refractivity contribution in [3.8, 4) is 5.75 Å². The van der Waals surface area contributed by atoms with Crippen LogP contribution in [0.25, 0.3) is 5.57 Å². The molecule has 27 heavy (non-hydrogen) atoms. The molecular formula is C21H21FO5. The summed E-state index contributed by atoms with van der Waals surface area (Å²) < 4.78 is 29.5. The predicted octanol–water partition coefficient (Wildman–Crippen LogP) is 3.76. The molecule has 0 atom stereocenters. The second kappa shape index (κ2) is 9.52. The molecule has 2 rings (SSSR count). The first-order chi connectivity index (χ1) is 13.0. The fourth-order valence-electron chi connectivity index (χ4n) is 2.61. The third-order valence-electron chi connectivity index (χ3n) is 3.70. The zero-order valence-electron chi connectivity index (χ0n) is 15.5. The lowest BCUT2D eigenvalue weighted by molar-refractivity contribution is -0.146. The van der Waals surface area contributed by atoms with Gasteiger partial charge in [-0.3, -0.25) is 0 Å². The van der Waals surface area contributed by atoms with Gasteiger partial charge >= 0.3 is 11.9 Å². The fourth-order valence-corrected chi connectivity index (χ4v) is 2.61. The van der Waals surface area contributed by atoms with Crippen molar-refractivity contribution in [2.24, 2.45) is 0 Å². The lowest BCUT2D eigenvalue weighted by atomic mass is 9.92. The highest BCUT2D eigenvalue weighted by Crippen LogP contribution is 2.35. The van der Waals surface area contributed by atoms with Crippen LogP contribution in [-0.2, 0) is 19.1 Å². The van der Waals surface area contributed by atoms with Gasteiger partial charge in [0.2, 0.25) is 0 Å². The number of rotatable bonds is 7. The Labute approximate surface area is 157 Å². The number of benzene rings is 2. The van der Waals surface area contributed by atoms with Gasteiger partial charge in [-0.05, 0) is 37.6 Å². The maximum Gasteiger partial charge on any atom is 0.346 e. The van der Waals surface area contributed by atoms with Crippen molar-refractivity contribution in [2.75, 3.05) is 20.3 Å². The largest absolute Gasteiger partial charge is 0.496 e. The lowest BCUT2D eigenvalue weighted by Crippen LogP contribution is -2.21. The Kier molecular flexibility index (Phi) is 7.11. The first-order valence-electron chi connectivity index (χ1n) is 8.51. The highest BCUT2D eigenvalue weighted by Gasteiger charge is 2.29. The summed E-state index contributed by atoms with van der Waals surface area (Å²) in [7, 11) is 1.42. The quantitative estimate of drug-likeness (QED) is 0.320. The summed E-state index contributed by atoms with van der Waals surface area (Å²) in [5, 5.41) is 0. The van der Waals surface area contributed by atoms with Gasteiger partial charge in [-0.15, -0.1) is 0 Å². The van der Waals surface area contributed by atoms with E-state index in [1.54, 1.807) is 44.2 Å². The van der Waals surface area contributed by atoms with E-state index in [-0.39, 0.29) is 29.9 Å². The normalized spacial score (nSPS) is 10.1. The molecule has 0 saturated carbocycles. The molecule has 0 aliphatic rings. The van der Waals surface area contributed by atoms with E-state index < -0.39 is 17.8 Å². The second-order valence-corrected chi connectivity index (χ2v) is 5.40. The summed E-state index contributed by atoms with van der Waals surface area (Å²) in [6, 6.07) is 12.6. The topological polar surface area (TPSA) is 61.8 Å². The van der Waals surface area contributed by atoms with Gasteiger partial charge in [0, 0.05) is 11.1 Å². The van der Waals surface area contributed by atoms with Crippen LogP contribution in [0.5, 0.6) is 5.75 Å². The molecule has 0 spiro atoms. The molecule has 142 valence electrons. The summed E-state index contributed by atoms with van der Waals surface area (Å²) in [5.41, 5.74) is 0.648. The van der Waals surface area contributed by atoms with Crippen LogP contribution in [0.4, 0.5) is 4.39 Å². The maximum absolute atomic E-state index is 14.0.